The molecular weight excluding hydrogens is 474 g/mol. The van der Waals surface area contributed by atoms with Crippen molar-refractivity contribution < 1.29 is 18.9 Å². The number of anilines is 3. The van der Waals surface area contributed by atoms with Crippen LogP contribution in [-0.2, 0) is 4.74 Å². The minimum atomic E-state index is 0.114. The zero-order valence-corrected chi connectivity index (χ0v) is 21.7. The van der Waals surface area contributed by atoms with Crippen LogP contribution in [-0.4, -0.2) is 72.1 Å². The number of morpholine rings is 1. The second kappa shape index (κ2) is 10.5. The lowest BCUT2D eigenvalue weighted by molar-refractivity contribution is 0.122. The fraction of sp³-hybridized carbons (Fsp3) is 0.385. The molecule has 4 heterocycles. The van der Waals surface area contributed by atoms with Gasteiger partial charge in [0.25, 0.3) is 0 Å². The summed E-state index contributed by atoms with van der Waals surface area (Å²) in [6, 6.07) is 7.85. The van der Waals surface area contributed by atoms with Gasteiger partial charge in [0.15, 0.2) is 28.5 Å². The third-order valence-corrected chi connectivity index (χ3v) is 6.26. The third-order valence-electron chi connectivity index (χ3n) is 6.26. The van der Waals surface area contributed by atoms with Crippen molar-refractivity contribution in [2.75, 3.05) is 57.8 Å². The van der Waals surface area contributed by atoms with Gasteiger partial charge in [0, 0.05) is 48.7 Å². The molecule has 0 saturated carbocycles. The lowest BCUT2D eigenvalue weighted by atomic mass is 10.2. The molecule has 4 aromatic rings. The largest absolute Gasteiger partial charge is 0.493 e. The van der Waals surface area contributed by atoms with E-state index in [0.717, 1.165) is 35.9 Å². The van der Waals surface area contributed by atoms with E-state index >= 15 is 0 Å². The van der Waals surface area contributed by atoms with Gasteiger partial charge in [-0.15, -0.1) is 0 Å². The molecule has 1 aliphatic heterocycles. The van der Waals surface area contributed by atoms with Gasteiger partial charge in [-0.05, 0) is 26.0 Å². The first-order valence-corrected chi connectivity index (χ1v) is 12.1. The van der Waals surface area contributed by atoms with Gasteiger partial charge >= 0.3 is 0 Å². The maximum Gasteiger partial charge on any atom is 0.203 e. The Labute approximate surface area is 215 Å². The Hall–Kier alpha value is -4.12. The summed E-state index contributed by atoms with van der Waals surface area (Å²) in [5.41, 5.74) is 3.00. The molecule has 1 saturated heterocycles. The fourth-order valence-electron chi connectivity index (χ4n) is 4.48. The molecule has 0 atom stereocenters. The summed E-state index contributed by atoms with van der Waals surface area (Å²) in [5, 5.41) is 3.35. The highest BCUT2D eigenvalue weighted by molar-refractivity contribution is 5.88. The van der Waals surface area contributed by atoms with Gasteiger partial charge in [-0.2, -0.15) is 0 Å². The highest BCUT2D eigenvalue weighted by atomic mass is 16.5. The zero-order valence-electron chi connectivity index (χ0n) is 21.7. The quantitative estimate of drug-likeness (QED) is 0.376. The van der Waals surface area contributed by atoms with Crippen LogP contribution in [0.4, 0.5) is 17.3 Å². The number of methoxy groups -OCH3 is 3. The first kappa shape index (κ1) is 24.6. The van der Waals surface area contributed by atoms with E-state index in [9.17, 15) is 0 Å². The van der Waals surface area contributed by atoms with E-state index < -0.39 is 0 Å². The van der Waals surface area contributed by atoms with Crippen molar-refractivity contribution in [2.45, 2.75) is 19.9 Å². The molecule has 0 bridgehead atoms. The lowest BCUT2D eigenvalue weighted by Gasteiger charge is -2.27. The van der Waals surface area contributed by atoms with E-state index in [4.69, 9.17) is 28.9 Å². The predicted molar refractivity (Wildman–Crippen MR) is 141 cm³/mol. The van der Waals surface area contributed by atoms with Crippen molar-refractivity contribution in [3.8, 4) is 28.6 Å². The molecule has 0 radical (unpaired) electrons. The molecule has 0 unspecified atom stereocenters. The number of hydrogen-bond acceptors (Lipinski definition) is 10. The van der Waals surface area contributed by atoms with Crippen LogP contribution in [0.5, 0.6) is 17.2 Å². The molecule has 0 spiro atoms. The molecule has 194 valence electrons. The maximum atomic E-state index is 5.50. The van der Waals surface area contributed by atoms with Gasteiger partial charge in [-0.1, -0.05) is 0 Å². The lowest BCUT2D eigenvalue weighted by Crippen LogP contribution is -2.36. The summed E-state index contributed by atoms with van der Waals surface area (Å²) in [4.78, 5) is 21.0. The van der Waals surface area contributed by atoms with E-state index in [0.29, 0.717) is 47.5 Å². The van der Waals surface area contributed by atoms with Gasteiger partial charge < -0.3 is 33.7 Å². The van der Waals surface area contributed by atoms with E-state index in [2.05, 4.69) is 44.7 Å². The van der Waals surface area contributed by atoms with Crippen molar-refractivity contribution in [1.82, 2.24) is 24.5 Å². The van der Waals surface area contributed by atoms with Crippen LogP contribution in [0.15, 0.2) is 36.8 Å². The molecule has 1 N–H and O–H groups in total. The second-order valence-corrected chi connectivity index (χ2v) is 8.84. The molecular formula is C26H31N7O4. The van der Waals surface area contributed by atoms with E-state index in [1.165, 1.54) is 6.33 Å². The van der Waals surface area contributed by atoms with Crippen LogP contribution in [0.3, 0.4) is 0 Å². The predicted octanol–water partition coefficient (Wildman–Crippen LogP) is 4.08. The van der Waals surface area contributed by atoms with Crippen LogP contribution in [0, 0.1) is 0 Å². The zero-order chi connectivity index (χ0) is 25.9. The molecule has 3 aromatic heterocycles. The number of fused-ring (bicyclic) bond motifs is 1. The molecule has 0 aliphatic carbocycles. The monoisotopic (exact) mass is 505 g/mol. The summed E-state index contributed by atoms with van der Waals surface area (Å²) >= 11 is 0. The first-order valence-electron chi connectivity index (χ1n) is 12.1. The Balaban J connectivity index is 1.54. The third kappa shape index (κ3) is 4.69. The highest BCUT2D eigenvalue weighted by Gasteiger charge is 2.21. The minimum absolute atomic E-state index is 0.114. The number of hydrogen-bond donors (Lipinski definition) is 1. The Morgan fingerprint density at radius 2 is 1.68 bits per heavy atom. The van der Waals surface area contributed by atoms with Gasteiger partial charge in [0.05, 0.1) is 34.5 Å². The normalized spacial score (nSPS) is 13.7. The molecule has 37 heavy (non-hydrogen) atoms. The Bertz CT molecular complexity index is 1360. The minimum Gasteiger partial charge on any atom is -0.493 e. The highest BCUT2D eigenvalue weighted by Crippen LogP contribution is 2.41. The smallest absolute Gasteiger partial charge is 0.203 e. The Kier molecular flexibility index (Phi) is 6.95. The molecule has 1 fully saturated rings. The Morgan fingerprint density at radius 1 is 0.946 bits per heavy atom. The van der Waals surface area contributed by atoms with Gasteiger partial charge in [0.1, 0.15) is 18.0 Å². The molecule has 1 aliphatic rings. The average molecular weight is 506 g/mol. The number of pyridine rings is 1. The van der Waals surface area contributed by atoms with E-state index in [-0.39, 0.29) is 6.04 Å². The number of benzene rings is 1. The van der Waals surface area contributed by atoms with Crippen molar-refractivity contribution in [3.63, 3.8) is 0 Å². The van der Waals surface area contributed by atoms with Crippen molar-refractivity contribution in [1.29, 1.82) is 0 Å². The molecule has 11 nitrogen and oxygen atoms in total. The van der Waals surface area contributed by atoms with Crippen molar-refractivity contribution >= 4 is 28.5 Å². The van der Waals surface area contributed by atoms with Crippen LogP contribution in [0.2, 0.25) is 0 Å². The SMILES string of the molecule is COc1cc(Nc2ncnc3c2nc(-c2ccc(N4CCOCC4)nc2)n3C(C)C)cc(OC)c1OC. The van der Waals surface area contributed by atoms with Gasteiger partial charge in [-0.25, -0.2) is 19.9 Å². The van der Waals surface area contributed by atoms with E-state index in [1.54, 1.807) is 21.3 Å². The van der Waals surface area contributed by atoms with Crippen molar-refractivity contribution in [3.05, 3.63) is 36.8 Å². The molecule has 11 heteroatoms. The number of aromatic nitrogens is 5. The number of nitrogens with one attached hydrogen (secondary N) is 1. The number of ether oxygens (including phenoxy) is 4. The van der Waals surface area contributed by atoms with Crippen LogP contribution in [0.25, 0.3) is 22.6 Å². The summed E-state index contributed by atoms with van der Waals surface area (Å²) in [6.45, 7) is 7.31. The summed E-state index contributed by atoms with van der Waals surface area (Å²) in [7, 11) is 4.74. The van der Waals surface area contributed by atoms with Gasteiger partial charge in [-0.3, -0.25) is 0 Å². The van der Waals surface area contributed by atoms with E-state index in [1.807, 2.05) is 24.4 Å². The number of imidazole rings is 1. The average Bonchev–Trinajstić information content (AvgIpc) is 3.34. The topological polar surface area (TPSA) is 109 Å². The summed E-state index contributed by atoms with van der Waals surface area (Å²) in [5.74, 6) is 3.87. The summed E-state index contributed by atoms with van der Waals surface area (Å²) < 4.78 is 24.0. The molecule has 0 amide bonds. The molecule has 5 rings (SSSR count). The maximum absolute atomic E-state index is 5.50. The standard InChI is InChI=1S/C26H31N7O4/c1-16(2)33-25(17-6-7-21(27-14-17)32-8-10-37-11-9-32)31-22-24(28-15-29-26(22)33)30-18-12-19(34-3)23(36-5)20(13-18)35-4/h6-7,12-16H,8-11H2,1-5H3,(H,28,29,30). The van der Waals surface area contributed by atoms with Crippen LogP contribution < -0.4 is 24.4 Å². The Morgan fingerprint density at radius 3 is 2.27 bits per heavy atom. The second-order valence-electron chi connectivity index (χ2n) is 8.84. The first-order chi connectivity index (χ1) is 18.0. The summed E-state index contributed by atoms with van der Waals surface area (Å²) in [6.07, 6.45) is 3.40. The fourth-order valence-corrected chi connectivity index (χ4v) is 4.48. The number of nitrogens with zero attached hydrogens (tertiary/aromatic N) is 6. The van der Waals surface area contributed by atoms with Crippen LogP contribution in [0.1, 0.15) is 19.9 Å². The van der Waals surface area contributed by atoms with Crippen molar-refractivity contribution in [2.24, 2.45) is 0 Å². The number of rotatable bonds is 8. The van der Waals surface area contributed by atoms with Crippen LogP contribution >= 0.6 is 0 Å². The molecule has 1 aromatic carbocycles. The van der Waals surface area contributed by atoms with Gasteiger partial charge in [0.2, 0.25) is 5.75 Å².